The smallest absolute Gasteiger partial charge is 0.0246 e. The molecule has 1 N–H and O–H groups in total. The Balaban J connectivity index is 2.44. The van der Waals surface area contributed by atoms with Gasteiger partial charge in [0, 0.05) is 25.2 Å². The van der Waals surface area contributed by atoms with E-state index in [1.165, 1.54) is 38.9 Å². The summed E-state index contributed by atoms with van der Waals surface area (Å²) in [4.78, 5) is 2.73. The van der Waals surface area contributed by atoms with E-state index in [2.05, 4.69) is 44.8 Å². The third-order valence-corrected chi connectivity index (χ3v) is 4.18. The lowest BCUT2D eigenvalue weighted by molar-refractivity contribution is 0.0928. The van der Waals surface area contributed by atoms with Crippen molar-refractivity contribution in [2.24, 2.45) is 11.8 Å². The number of nitrogens with one attached hydrogen (secondary N) is 1. The molecular weight excluding hydrogens is 208 g/mol. The van der Waals surface area contributed by atoms with Crippen LogP contribution in [0.15, 0.2) is 0 Å². The van der Waals surface area contributed by atoms with Crippen LogP contribution in [0.4, 0.5) is 0 Å². The van der Waals surface area contributed by atoms with Crippen LogP contribution < -0.4 is 5.32 Å². The van der Waals surface area contributed by atoms with Crippen molar-refractivity contribution in [3.8, 4) is 0 Å². The molecule has 0 spiro atoms. The molecular formula is C15H32N2. The van der Waals surface area contributed by atoms with Gasteiger partial charge in [-0.1, -0.05) is 34.1 Å². The topological polar surface area (TPSA) is 15.3 Å². The molecule has 1 saturated heterocycles. The maximum atomic E-state index is 3.63. The van der Waals surface area contributed by atoms with Gasteiger partial charge in [-0.15, -0.1) is 0 Å². The van der Waals surface area contributed by atoms with Gasteiger partial charge in [-0.3, -0.25) is 4.90 Å². The van der Waals surface area contributed by atoms with Crippen LogP contribution in [0.3, 0.4) is 0 Å². The minimum atomic E-state index is 0.661. The molecule has 0 aromatic carbocycles. The number of hydrogen-bond acceptors (Lipinski definition) is 2. The molecule has 3 atom stereocenters. The van der Waals surface area contributed by atoms with Crippen LogP contribution in [-0.2, 0) is 0 Å². The molecule has 0 aromatic heterocycles. The predicted octanol–water partition coefficient (Wildman–Crippen LogP) is 3.13. The quantitative estimate of drug-likeness (QED) is 0.767. The Morgan fingerprint density at radius 3 is 2.59 bits per heavy atom. The van der Waals surface area contributed by atoms with Crippen molar-refractivity contribution in [3.63, 3.8) is 0 Å². The van der Waals surface area contributed by atoms with Crippen LogP contribution in [0.2, 0.25) is 0 Å². The first kappa shape index (κ1) is 15.0. The zero-order chi connectivity index (χ0) is 12.8. The minimum Gasteiger partial charge on any atom is -0.311 e. The maximum absolute atomic E-state index is 3.63. The third kappa shape index (κ3) is 4.97. The molecule has 1 aliphatic heterocycles. The number of piperazine rings is 1. The fraction of sp³-hybridized carbons (Fsp3) is 1.00. The highest BCUT2D eigenvalue weighted by Crippen LogP contribution is 2.19. The highest BCUT2D eigenvalue weighted by atomic mass is 15.2. The van der Waals surface area contributed by atoms with E-state index >= 15 is 0 Å². The molecule has 102 valence electrons. The summed E-state index contributed by atoms with van der Waals surface area (Å²) in [6, 6.07) is 1.41. The second-order valence-electron chi connectivity index (χ2n) is 6.29. The van der Waals surface area contributed by atoms with Crippen molar-refractivity contribution in [1.82, 2.24) is 10.2 Å². The van der Waals surface area contributed by atoms with Gasteiger partial charge in [-0.25, -0.2) is 0 Å². The van der Waals surface area contributed by atoms with Crippen molar-refractivity contribution in [3.05, 3.63) is 0 Å². The van der Waals surface area contributed by atoms with Crippen LogP contribution in [0.1, 0.15) is 53.9 Å². The Bertz CT molecular complexity index is 203. The van der Waals surface area contributed by atoms with Crippen molar-refractivity contribution in [1.29, 1.82) is 0 Å². The molecule has 1 fully saturated rings. The summed E-state index contributed by atoms with van der Waals surface area (Å²) in [5, 5.41) is 3.63. The monoisotopic (exact) mass is 240 g/mol. The molecule has 2 heteroatoms. The highest BCUT2D eigenvalue weighted by Gasteiger charge is 2.28. The van der Waals surface area contributed by atoms with Crippen molar-refractivity contribution in [2.75, 3.05) is 19.6 Å². The van der Waals surface area contributed by atoms with Gasteiger partial charge in [-0.2, -0.15) is 0 Å². The van der Waals surface area contributed by atoms with Crippen LogP contribution in [0.25, 0.3) is 0 Å². The van der Waals surface area contributed by atoms with Crippen LogP contribution in [0.5, 0.6) is 0 Å². The summed E-state index contributed by atoms with van der Waals surface area (Å²) in [6.07, 6.45) is 4.02. The summed E-state index contributed by atoms with van der Waals surface area (Å²) in [5.41, 5.74) is 0. The Morgan fingerprint density at radius 1 is 1.29 bits per heavy atom. The molecule has 2 nitrogen and oxygen atoms in total. The van der Waals surface area contributed by atoms with E-state index in [0.29, 0.717) is 6.04 Å². The van der Waals surface area contributed by atoms with Gasteiger partial charge in [0.05, 0.1) is 0 Å². The van der Waals surface area contributed by atoms with Crippen LogP contribution in [-0.4, -0.2) is 36.6 Å². The SMILES string of the molecule is CCC(C)C1CNC(C)CN1CCCC(C)C. The normalized spacial score (nSPS) is 28.6. The Kier molecular flexibility index (Phi) is 6.50. The average Bonchev–Trinajstić information content (AvgIpc) is 2.28. The Labute approximate surface area is 108 Å². The van der Waals surface area contributed by atoms with E-state index in [1.54, 1.807) is 0 Å². The van der Waals surface area contributed by atoms with E-state index < -0.39 is 0 Å². The maximum Gasteiger partial charge on any atom is 0.0246 e. The summed E-state index contributed by atoms with van der Waals surface area (Å²) in [7, 11) is 0. The second kappa shape index (κ2) is 7.38. The van der Waals surface area contributed by atoms with Crippen LogP contribution >= 0.6 is 0 Å². The standard InChI is InChI=1S/C15H32N2/c1-6-13(4)15-10-16-14(5)11-17(15)9-7-8-12(2)3/h12-16H,6-11H2,1-5H3. The predicted molar refractivity (Wildman–Crippen MR) is 76.4 cm³/mol. The van der Waals surface area contributed by atoms with Crippen molar-refractivity contribution < 1.29 is 0 Å². The molecule has 1 rings (SSSR count). The average molecular weight is 240 g/mol. The van der Waals surface area contributed by atoms with E-state index in [4.69, 9.17) is 0 Å². The van der Waals surface area contributed by atoms with Gasteiger partial charge >= 0.3 is 0 Å². The summed E-state index contributed by atoms with van der Waals surface area (Å²) in [6.45, 7) is 15.4. The molecule has 0 aliphatic carbocycles. The van der Waals surface area contributed by atoms with Crippen molar-refractivity contribution in [2.45, 2.75) is 66.0 Å². The lowest BCUT2D eigenvalue weighted by atomic mass is 9.94. The van der Waals surface area contributed by atoms with Gasteiger partial charge in [0.1, 0.15) is 0 Å². The number of nitrogens with zero attached hydrogens (tertiary/aromatic N) is 1. The molecule has 1 aliphatic rings. The summed E-state index contributed by atoms with van der Waals surface area (Å²) in [5.74, 6) is 1.66. The Hall–Kier alpha value is -0.0800. The largest absolute Gasteiger partial charge is 0.311 e. The number of rotatable bonds is 6. The Morgan fingerprint density at radius 2 is 2.00 bits per heavy atom. The highest BCUT2D eigenvalue weighted by molar-refractivity contribution is 4.86. The van der Waals surface area contributed by atoms with E-state index in [9.17, 15) is 0 Å². The fourth-order valence-corrected chi connectivity index (χ4v) is 2.80. The molecule has 0 radical (unpaired) electrons. The fourth-order valence-electron chi connectivity index (χ4n) is 2.80. The van der Waals surface area contributed by atoms with Crippen LogP contribution in [0, 0.1) is 11.8 Å². The lowest BCUT2D eigenvalue weighted by Crippen LogP contribution is -2.57. The molecule has 1 heterocycles. The van der Waals surface area contributed by atoms with Gasteiger partial charge < -0.3 is 5.32 Å². The molecule has 0 amide bonds. The summed E-state index contributed by atoms with van der Waals surface area (Å²) < 4.78 is 0. The molecule has 3 unspecified atom stereocenters. The summed E-state index contributed by atoms with van der Waals surface area (Å²) >= 11 is 0. The zero-order valence-corrected chi connectivity index (χ0v) is 12.5. The first-order valence-electron chi connectivity index (χ1n) is 7.52. The minimum absolute atomic E-state index is 0.661. The molecule has 17 heavy (non-hydrogen) atoms. The second-order valence-corrected chi connectivity index (χ2v) is 6.29. The van der Waals surface area contributed by atoms with Gasteiger partial charge in [0.2, 0.25) is 0 Å². The third-order valence-electron chi connectivity index (χ3n) is 4.18. The molecule has 0 bridgehead atoms. The zero-order valence-electron chi connectivity index (χ0n) is 12.5. The van der Waals surface area contributed by atoms with Gasteiger partial charge in [0.15, 0.2) is 0 Å². The van der Waals surface area contributed by atoms with Gasteiger partial charge in [0.25, 0.3) is 0 Å². The van der Waals surface area contributed by atoms with Gasteiger partial charge in [-0.05, 0) is 38.1 Å². The molecule has 0 aromatic rings. The van der Waals surface area contributed by atoms with E-state index in [0.717, 1.165) is 17.9 Å². The van der Waals surface area contributed by atoms with E-state index in [1.807, 2.05) is 0 Å². The number of hydrogen-bond donors (Lipinski definition) is 1. The van der Waals surface area contributed by atoms with Crippen molar-refractivity contribution >= 4 is 0 Å². The first-order chi connectivity index (χ1) is 8.04. The molecule has 0 saturated carbocycles. The first-order valence-corrected chi connectivity index (χ1v) is 7.52. The lowest BCUT2D eigenvalue weighted by Gasteiger charge is -2.42. The van der Waals surface area contributed by atoms with E-state index in [-0.39, 0.29) is 0 Å².